The maximum atomic E-state index is 4.36. The highest BCUT2D eigenvalue weighted by Gasteiger charge is 2.20. The third-order valence-electron chi connectivity index (χ3n) is 3.90. The zero-order valence-corrected chi connectivity index (χ0v) is 9.78. The van der Waals surface area contributed by atoms with E-state index in [1.54, 1.807) is 0 Å². The second kappa shape index (κ2) is 4.53. The van der Waals surface area contributed by atoms with Crippen molar-refractivity contribution >= 4 is 0 Å². The second-order valence-electron chi connectivity index (χ2n) is 5.07. The summed E-state index contributed by atoms with van der Waals surface area (Å²) < 4.78 is 2.32. The van der Waals surface area contributed by atoms with E-state index < -0.39 is 0 Å². The van der Waals surface area contributed by atoms with Gasteiger partial charge in [-0.05, 0) is 5.92 Å². The van der Waals surface area contributed by atoms with Gasteiger partial charge in [-0.15, -0.1) is 10.2 Å². The first kappa shape index (κ1) is 10.3. The van der Waals surface area contributed by atoms with Crippen molar-refractivity contribution < 1.29 is 0 Å². The van der Waals surface area contributed by atoms with Crippen molar-refractivity contribution in [3.63, 3.8) is 0 Å². The fourth-order valence-corrected chi connectivity index (χ4v) is 2.95. The average molecular weight is 220 g/mol. The molecule has 0 radical (unpaired) electrons. The monoisotopic (exact) mass is 220 g/mol. The minimum absolute atomic E-state index is 0.858. The van der Waals surface area contributed by atoms with Crippen molar-refractivity contribution in [2.45, 2.75) is 51.6 Å². The fraction of sp³-hybridized carbons (Fsp3) is 0.833. The molecule has 16 heavy (non-hydrogen) atoms. The Kier molecular flexibility index (Phi) is 2.91. The molecule has 88 valence electrons. The van der Waals surface area contributed by atoms with Crippen LogP contribution in [0.4, 0.5) is 0 Å². The molecule has 3 rings (SSSR count). The highest BCUT2D eigenvalue weighted by molar-refractivity contribution is 4.99. The van der Waals surface area contributed by atoms with Crippen LogP contribution in [0.3, 0.4) is 0 Å². The summed E-state index contributed by atoms with van der Waals surface area (Å²) in [7, 11) is 0. The Morgan fingerprint density at radius 3 is 2.94 bits per heavy atom. The first-order chi connectivity index (χ1) is 7.93. The molecule has 1 aliphatic heterocycles. The lowest BCUT2D eigenvalue weighted by atomic mass is 9.87. The van der Waals surface area contributed by atoms with Gasteiger partial charge in [-0.25, -0.2) is 0 Å². The number of rotatable bonds is 2. The SMILES string of the molecule is C1CCC(Cc2nnc3n2CCNC3)CC1. The summed E-state index contributed by atoms with van der Waals surface area (Å²) in [6, 6.07) is 0. The lowest BCUT2D eigenvalue weighted by Gasteiger charge is -2.22. The van der Waals surface area contributed by atoms with Crippen molar-refractivity contribution in [1.82, 2.24) is 20.1 Å². The summed E-state index contributed by atoms with van der Waals surface area (Å²) in [4.78, 5) is 0. The minimum Gasteiger partial charge on any atom is -0.313 e. The van der Waals surface area contributed by atoms with E-state index in [1.165, 1.54) is 37.9 Å². The molecule has 1 aromatic rings. The van der Waals surface area contributed by atoms with Crippen molar-refractivity contribution in [2.75, 3.05) is 6.54 Å². The summed E-state index contributed by atoms with van der Waals surface area (Å²) in [5, 5.41) is 12.0. The summed E-state index contributed by atoms with van der Waals surface area (Å²) in [5.41, 5.74) is 0. The van der Waals surface area contributed by atoms with Crippen LogP contribution >= 0.6 is 0 Å². The number of aromatic nitrogens is 3. The van der Waals surface area contributed by atoms with Gasteiger partial charge in [-0.3, -0.25) is 0 Å². The molecular weight excluding hydrogens is 200 g/mol. The number of hydrogen-bond acceptors (Lipinski definition) is 3. The number of fused-ring (bicyclic) bond motifs is 1. The van der Waals surface area contributed by atoms with Gasteiger partial charge in [0, 0.05) is 19.5 Å². The Morgan fingerprint density at radius 2 is 2.06 bits per heavy atom. The van der Waals surface area contributed by atoms with E-state index in [9.17, 15) is 0 Å². The number of nitrogens with zero attached hydrogens (tertiary/aromatic N) is 3. The zero-order chi connectivity index (χ0) is 10.8. The topological polar surface area (TPSA) is 42.7 Å². The number of nitrogens with one attached hydrogen (secondary N) is 1. The van der Waals surface area contributed by atoms with E-state index in [2.05, 4.69) is 20.1 Å². The van der Waals surface area contributed by atoms with E-state index in [0.717, 1.165) is 37.8 Å². The molecule has 0 amide bonds. The van der Waals surface area contributed by atoms with Crippen molar-refractivity contribution in [2.24, 2.45) is 5.92 Å². The lowest BCUT2D eigenvalue weighted by molar-refractivity contribution is 0.345. The maximum Gasteiger partial charge on any atom is 0.147 e. The van der Waals surface area contributed by atoms with Gasteiger partial charge >= 0.3 is 0 Å². The van der Waals surface area contributed by atoms with E-state index in [1.807, 2.05) is 0 Å². The molecule has 0 spiro atoms. The molecule has 0 atom stereocenters. The molecule has 0 aromatic carbocycles. The van der Waals surface area contributed by atoms with Crippen LogP contribution in [0.5, 0.6) is 0 Å². The molecule has 0 unspecified atom stereocenters. The van der Waals surface area contributed by atoms with Crippen LogP contribution in [0.2, 0.25) is 0 Å². The molecule has 1 aliphatic carbocycles. The van der Waals surface area contributed by atoms with Gasteiger partial charge in [-0.1, -0.05) is 32.1 Å². The Bertz CT molecular complexity index is 352. The molecule has 2 aliphatic rings. The molecule has 4 heteroatoms. The summed E-state index contributed by atoms with van der Waals surface area (Å²) >= 11 is 0. The largest absolute Gasteiger partial charge is 0.313 e. The number of hydrogen-bond donors (Lipinski definition) is 1. The van der Waals surface area contributed by atoms with Crippen molar-refractivity contribution in [3.8, 4) is 0 Å². The van der Waals surface area contributed by atoms with Crippen LogP contribution in [0.25, 0.3) is 0 Å². The van der Waals surface area contributed by atoms with Gasteiger partial charge in [-0.2, -0.15) is 0 Å². The fourth-order valence-electron chi connectivity index (χ4n) is 2.95. The van der Waals surface area contributed by atoms with Crippen LogP contribution in [0.1, 0.15) is 43.8 Å². The van der Waals surface area contributed by atoms with Crippen molar-refractivity contribution in [1.29, 1.82) is 0 Å². The maximum absolute atomic E-state index is 4.36. The second-order valence-corrected chi connectivity index (χ2v) is 5.07. The van der Waals surface area contributed by atoms with Gasteiger partial charge in [0.05, 0.1) is 6.54 Å². The quantitative estimate of drug-likeness (QED) is 0.821. The minimum atomic E-state index is 0.858. The van der Waals surface area contributed by atoms with E-state index >= 15 is 0 Å². The first-order valence-electron chi connectivity index (χ1n) is 6.55. The van der Waals surface area contributed by atoms with Gasteiger partial charge in [0.1, 0.15) is 11.6 Å². The van der Waals surface area contributed by atoms with Gasteiger partial charge in [0.15, 0.2) is 0 Å². The predicted octanol–water partition coefficient (Wildman–Crippen LogP) is 1.50. The van der Waals surface area contributed by atoms with E-state index in [-0.39, 0.29) is 0 Å². The molecule has 1 N–H and O–H groups in total. The van der Waals surface area contributed by atoms with Crippen LogP contribution < -0.4 is 5.32 Å². The summed E-state index contributed by atoms with van der Waals surface area (Å²) in [6.07, 6.45) is 8.17. The lowest BCUT2D eigenvalue weighted by Crippen LogP contribution is -2.29. The Hall–Kier alpha value is -0.900. The van der Waals surface area contributed by atoms with E-state index in [4.69, 9.17) is 0 Å². The van der Waals surface area contributed by atoms with Gasteiger partial charge < -0.3 is 9.88 Å². The molecule has 4 nitrogen and oxygen atoms in total. The summed E-state index contributed by atoms with van der Waals surface area (Å²) in [6.45, 7) is 2.99. The van der Waals surface area contributed by atoms with Crippen LogP contribution in [-0.2, 0) is 19.5 Å². The first-order valence-corrected chi connectivity index (χ1v) is 6.55. The molecular formula is C12H20N4. The Balaban J connectivity index is 1.71. The molecule has 1 aromatic heterocycles. The van der Waals surface area contributed by atoms with Gasteiger partial charge in [0.2, 0.25) is 0 Å². The zero-order valence-electron chi connectivity index (χ0n) is 9.78. The highest BCUT2D eigenvalue weighted by Crippen LogP contribution is 2.26. The predicted molar refractivity (Wildman–Crippen MR) is 62.0 cm³/mol. The third-order valence-corrected chi connectivity index (χ3v) is 3.90. The molecule has 1 saturated carbocycles. The molecule has 0 saturated heterocycles. The normalized spacial score (nSPS) is 22.0. The van der Waals surface area contributed by atoms with Crippen LogP contribution in [0.15, 0.2) is 0 Å². The standard InChI is InChI=1S/C12H20N4/c1-2-4-10(5-3-1)8-11-14-15-12-9-13-6-7-16(11)12/h10,13H,1-9H2. The van der Waals surface area contributed by atoms with Crippen LogP contribution in [0, 0.1) is 5.92 Å². The highest BCUT2D eigenvalue weighted by atomic mass is 15.3. The van der Waals surface area contributed by atoms with Crippen LogP contribution in [-0.4, -0.2) is 21.3 Å². The Labute approximate surface area is 96.4 Å². The average Bonchev–Trinajstić information content (AvgIpc) is 2.74. The smallest absolute Gasteiger partial charge is 0.147 e. The Morgan fingerprint density at radius 1 is 1.19 bits per heavy atom. The molecule has 0 bridgehead atoms. The summed E-state index contributed by atoms with van der Waals surface area (Å²) in [5.74, 6) is 3.21. The van der Waals surface area contributed by atoms with Gasteiger partial charge in [0.25, 0.3) is 0 Å². The van der Waals surface area contributed by atoms with Crippen molar-refractivity contribution in [3.05, 3.63) is 11.6 Å². The van der Waals surface area contributed by atoms with E-state index in [0.29, 0.717) is 0 Å². The molecule has 2 heterocycles. The third kappa shape index (κ3) is 1.98. The molecule has 1 fully saturated rings.